The Morgan fingerprint density at radius 1 is 1.00 bits per heavy atom. The summed E-state index contributed by atoms with van der Waals surface area (Å²) < 4.78 is 29.7. The van der Waals surface area contributed by atoms with E-state index in [1.54, 1.807) is 28.6 Å². The molecule has 0 spiro atoms. The number of nitrogens with zero attached hydrogens (tertiary/aromatic N) is 4. The van der Waals surface area contributed by atoms with E-state index in [1.807, 2.05) is 11.8 Å². The molecule has 3 N–H and O–H groups in total. The Balaban J connectivity index is 1.45. The molecule has 4 amide bonds. The van der Waals surface area contributed by atoms with E-state index < -0.39 is 36.4 Å². The Kier molecular flexibility index (Phi) is 12.4. The minimum Gasteiger partial charge on any atom is -0.344 e. The largest absolute Gasteiger partial charge is 0.344 e. The van der Waals surface area contributed by atoms with Gasteiger partial charge < -0.3 is 20.9 Å². The highest BCUT2D eigenvalue weighted by atomic mass is 19.1. The summed E-state index contributed by atoms with van der Waals surface area (Å²) in [6.07, 6.45) is 6.29. The molecule has 2 fully saturated rings. The molecule has 0 bridgehead atoms. The van der Waals surface area contributed by atoms with Gasteiger partial charge in [-0.25, -0.2) is 8.78 Å². The quantitative estimate of drug-likeness (QED) is 0.313. The van der Waals surface area contributed by atoms with E-state index in [2.05, 4.69) is 21.0 Å². The smallest absolute Gasteiger partial charge is 0.270 e. The lowest BCUT2D eigenvalue weighted by Crippen LogP contribution is -2.55. The molecule has 1 aromatic carbocycles. The van der Waals surface area contributed by atoms with Gasteiger partial charge >= 0.3 is 0 Å². The molecule has 0 unspecified atom stereocenters. The SMILES string of the molecule is CCC(=O)N[C@H](Cc1ccc(NC(=O)[C@@H](NC(=O)c2ccnn2CC)C2CCCCC2)c(F)c1)C(=O)N1CCN(CCF)CC1. The lowest BCUT2D eigenvalue weighted by atomic mass is 9.83. The van der Waals surface area contributed by atoms with Gasteiger partial charge in [0.25, 0.3) is 5.91 Å². The monoisotopic (exact) mass is 629 g/mol. The number of aromatic nitrogens is 2. The minimum atomic E-state index is -0.896. The number of anilines is 1. The van der Waals surface area contributed by atoms with Crippen LogP contribution in [-0.4, -0.2) is 94.7 Å². The number of hydrogen-bond acceptors (Lipinski definition) is 6. The van der Waals surface area contributed by atoms with E-state index in [4.69, 9.17) is 0 Å². The summed E-state index contributed by atoms with van der Waals surface area (Å²) in [6.45, 7) is 5.82. The normalized spacial score (nSPS) is 17.4. The highest BCUT2D eigenvalue weighted by Crippen LogP contribution is 2.28. The number of amides is 4. The van der Waals surface area contributed by atoms with E-state index in [0.29, 0.717) is 50.5 Å². The van der Waals surface area contributed by atoms with Crippen LogP contribution in [0, 0.1) is 11.7 Å². The molecule has 2 aliphatic rings. The number of rotatable bonds is 13. The Morgan fingerprint density at radius 2 is 1.73 bits per heavy atom. The molecule has 0 radical (unpaired) electrons. The summed E-state index contributed by atoms with van der Waals surface area (Å²) >= 11 is 0. The Labute approximate surface area is 263 Å². The van der Waals surface area contributed by atoms with E-state index in [-0.39, 0.29) is 36.3 Å². The van der Waals surface area contributed by atoms with Gasteiger partial charge in [-0.05, 0) is 49.4 Å². The van der Waals surface area contributed by atoms with Crippen LogP contribution < -0.4 is 16.0 Å². The fourth-order valence-corrected chi connectivity index (χ4v) is 6.12. The predicted octanol–water partition coefficient (Wildman–Crippen LogP) is 2.91. The Bertz CT molecular complexity index is 1320. The van der Waals surface area contributed by atoms with Crippen LogP contribution >= 0.6 is 0 Å². The summed E-state index contributed by atoms with van der Waals surface area (Å²) in [4.78, 5) is 55.9. The second-order valence-electron chi connectivity index (χ2n) is 11.7. The maximum atomic E-state index is 15.4. The molecule has 4 rings (SSSR count). The van der Waals surface area contributed by atoms with Crippen LogP contribution in [0.5, 0.6) is 0 Å². The molecule has 45 heavy (non-hydrogen) atoms. The molecule has 1 aromatic heterocycles. The number of aryl methyl sites for hydroxylation is 1. The second kappa shape index (κ2) is 16.4. The number of carbonyl (C=O) groups excluding carboxylic acids is 4. The summed E-state index contributed by atoms with van der Waals surface area (Å²) in [5.41, 5.74) is 0.783. The first-order valence-electron chi connectivity index (χ1n) is 16.0. The van der Waals surface area contributed by atoms with Gasteiger partial charge in [-0.3, -0.25) is 28.8 Å². The van der Waals surface area contributed by atoms with E-state index in [0.717, 1.165) is 32.1 Å². The van der Waals surface area contributed by atoms with Crippen LogP contribution in [0.2, 0.25) is 0 Å². The topological polar surface area (TPSA) is 129 Å². The molecular weight excluding hydrogens is 584 g/mol. The van der Waals surface area contributed by atoms with Gasteiger partial charge in [0.05, 0.1) is 5.69 Å². The zero-order chi connectivity index (χ0) is 32.3. The van der Waals surface area contributed by atoms with E-state index >= 15 is 4.39 Å². The molecule has 13 heteroatoms. The van der Waals surface area contributed by atoms with E-state index in [9.17, 15) is 23.6 Å². The van der Waals surface area contributed by atoms with Crippen LogP contribution in [-0.2, 0) is 27.3 Å². The van der Waals surface area contributed by atoms with Crippen LogP contribution in [0.1, 0.15) is 68.4 Å². The van der Waals surface area contributed by atoms with Crippen molar-refractivity contribution in [1.82, 2.24) is 30.2 Å². The number of carbonyl (C=O) groups is 4. The fourth-order valence-electron chi connectivity index (χ4n) is 6.12. The zero-order valence-corrected chi connectivity index (χ0v) is 26.2. The Morgan fingerprint density at radius 3 is 2.38 bits per heavy atom. The van der Waals surface area contributed by atoms with Gasteiger partial charge in [-0.1, -0.05) is 32.3 Å². The number of halogens is 2. The van der Waals surface area contributed by atoms with E-state index in [1.165, 1.54) is 18.3 Å². The number of benzene rings is 1. The van der Waals surface area contributed by atoms with Crippen molar-refractivity contribution in [1.29, 1.82) is 0 Å². The number of nitrogens with one attached hydrogen (secondary N) is 3. The van der Waals surface area contributed by atoms with Gasteiger partial charge in [0, 0.05) is 58.3 Å². The maximum Gasteiger partial charge on any atom is 0.270 e. The number of piperazine rings is 1. The van der Waals surface area contributed by atoms with Crippen molar-refractivity contribution in [3.63, 3.8) is 0 Å². The van der Waals surface area contributed by atoms with Gasteiger partial charge in [0.15, 0.2) is 0 Å². The first-order valence-corrected chi connectivity index (χ1v) is 16.0. The third-order valence-corrected chi connectivity index (χ3v) is 8.71. The predicted molar refractivity (Wildman–Crippen MR) is 166 cm³/mol. The average molecular weight is 630 g/mol. The molecule has 1 aliphatic heterocycles. The van der Waals surface area contributed by atoms with Crippen molar-refractivity contribution in [2.24, 2.45) is 5.92 Å². The van der Waals surface area contributed by atoms with Crippen molar-refractivity contribution < 1.29 is 28.0 Å². The third kappa shape index (κ3) is 9.09. The molecule has 1 saturated heterocycles. The van der Waals surface area contributed by atoms with Crippen molar-refractivity contribution in [3.05, 3.63) is 47.5 Å². The van der Waals surface area contributed by atoms with Crippen molar-refractivity contribution in [2.45, 2.75) is 77.4 Å². The maximum absolute atomic E-state index is 15.4. The summed E-state index contributed by atoms with van der Waals surface area (Å²) in [5, 5.41) is 12.5. The van der Waals surface area contributed by atoms with Crippen LogP contribution in [0.25, 0.3) is 0 Å². The molecule has 246 valence electrons. The second-order valence-corrected chi connectivity index (χ2v) is 11.7. The summed E-state index contributed by atoms with van der Waals surface area (Å²) in [5.74, 6) is -2.26. The van der Waals surface area contributed by atoms with Crippen LogP contribution in [0.3, 0.4) is 0 Å². The van der Waals surface area contributed by atoms with Crippen molar-refractivity contribution >= 4 is 29.3 Å². The molecule has 2 atom stereocenters. The molecule has 11 nitrogen and oxygen atoms in total. The molecular formula is C32H45F2N7O4. The zero-order valence-electron chi connectivity index (χ0n) is 26.2. The molecule has 2 aromatic rings. The van der Waals surface area contributed by atoms with Gasteiger partial charge in [0.1, 0.15) is 30.3 Å². The molecule has 1 saturated carbocycles. The highest BCUT2D eigenvalue weighted by Gasteiger charge is 2.33. The van der Waals surface area contributed by atoms with Crippen LogP contribution in [0.15, 0.2) is 30.5 Å². The van der Waals surface area contributed by atoms with Gasteiger partial charge in [0.2, 0.25) is 17.7 Å². The molecule has 1 aliphatic carbocycles. The van der Waals surface area contributed by atoms with Crippen molar-refractivity contribution in [3.8, 4) is 0 Å². The standard InChI is InChI=1S/C32H45F2N7O4/c1-3-28(42)36-26(32(45)40-18-16-39(15-13-33)17-19-40)21-22-10-11-25(24(34)20-22)37-31(44)29(23-8-6-5-7-9-23)38-30(43)27-12-14-35-41(27)4-2/h10-12,14,20,23,26,29H,3-9,13,15-19,21H2,1-2H3,(H,36,42)(H,37,44)(H,38,43)/t26-,29+/m1/s1. The lowest BCUT2D eigenvalue weighted by molar-refractivity contribution is -0.137. The first-order chi connectivity index (χ1) is 21.7. The molecule has 2 heterocycles. The number of hydrogen-bond donors (Lipinski definition) is 3. The average Bonchev–Trinajstić information content (AvgIpc) is 3.54. The Hall–Kier alpha value is -3.87. The third-order valence-electron chi connectivity index (χ3n) is 8.71. The van der Waals surface area contributed by atoms with Crippen molar-refractivity contribution in [2.75, 3.05) is 44.7 Å². The summed E-state index contributed by atoms with van der Waals surface area (Å²) in [6, 6.07) is 4.15. The first kappa shape index (κ1) is 34.0. The fraction of sp³-hybridized carbons (Fsp3) is 0.594. The van der Waals surface area contributed by atoms with Gasteiger partial charge in [-0.15, -0.1) is 0 Å². The van der Waals surface area contributed by atoms with Crippen LogP contribution in [0.4, 0.5) is 14.5 Å². The summed E-state index contributed by atoms with van der Waals surface area (Å²) in [7, 11) is 0. The van der Waals surface area contributed by atoms with Gasteiger partial charge in [-0.2, -0.15) is 5.10 Å². The number of alkyl halides is 1. The highest BCUT2D eigenvalue weighted by molar-refractivity contribution is 6.00. The lowest BCUT2D eigenvalue weighted by Gasteiger charge is -2.36. The minimum absolute atomic E-state index is 0.0399.